The summed E-state index contributed by atoms with van der Waals surface area (Å²) in [6, 6.07) is 17.9. The molecule has 0 aliphatic rings. The van der Waals surface area contributed by atoms with Crippen molar-refractivity contribution in [3.8, 4) is 23.1 Å². The summed E-state index contributed by atoms with van der Waals surface area (Å²) in [5.41, 5.74) is 2.83. The molecule has 178 valence electrons. The van der Waals surface area contributed by atoms with Crippen molar-refractivity contribution < 1.29 is 14.6 Å². The molecular weight excluding hydrogens is 414 g/mol. The Kier molecular flexibility index (Phi) is 8.92. The van der Waals surface area contributed by atoms with Crippen LogP contribution in [0.1, 0.15) is 51.3 Å². The lowest BCUT2D eigenvalue weighted by Gasteiger charge is -2.29. The van der Waals surface area contributed by atoms with Gasteiger partial charge in [-0.2, -0.15) is 5.10 Å². The first kappa shape index (κ1) is 24.8. The van der Waals surface area contributed by atoms with Gasteiger partial charge in [0.1, 0.15) is 0 Å². The van der Waals surface area contributed by atoms with Gasteiger partial charge in [0.15, 0.2) is 11.5 Å². The topological polar surface area (TPSA) is 59.8 Å². The highest BCUT2D eigenvalue weighted by molar-refractivity contribution is 5.47. The van der Waals surface area contributed by atoms with Gasteiger partial charge in [0.25, 0.3) is 0 Å². The zero-order chi connectivity index (χ0) is 23.8. The second-order valence-electron chi connectivity index (χ2n) is 8.69. The van der Waals surface area contributed by atoms with Crippen LogP contribution in [0.25, 0.3) is 5.69 Å². The molecule has 0 unspecified atom stereocenters. The summed E-state index contributed by atoms with van der Waals surface area (Å²) < 4.78 is 13.8. The van der Waals surface area contributed by atoms with Crippen LogP contribution < -0.4 is 9.47 Å². The lowest BCUT2D eigenvalue weighted by Crippen LogP contribution is -2.37. The second-order valence-corrected chi connectivity index (χ2v) is 8.69. The normalized spacial score (nSPS) is 12.4. The molecule has 0 bridgehead atoms. The van der Waals surface area contributed by atoms with E-state index in [0.717, 1.165) is 36.2 Å². The quantitative estimate of drug-likeness (QED) is 0.380. The lowest BCUT2D eigenvalue weighted by molar-refractivity contribution is 0.0827. The Morgan fingerprint density at radius 2 is 1.70 bits per heavy atom. The highest BCUT2D eigenvalue weighted by Crippen LogP contribution is 2.36. The molecule has 1 atom stereocenters. The number of rotatable bonds is 12. The van der Waals surface area contributed by atoms with Gasteiger partial charge in [0.05, 0.1) is 30.2 Å². The summed E-state index contributed by atoms with van der Waals surface area (Å²) >= 11 is 0. The Balaban J connectivity index is 2.00. The van der Waals surface area contributed by atoms with E-state index in [2.05, 4.69) is 25.7 Å². The number of aliphatic hydroxyl groups excluding tert-OH is 1. The smallest absolute Gasteiger partial charge is 0.227 e. The van der Waals surface area contributed by atoms with Gasteiger partial charge in [-0.15, -0.1) is 0 Å². The van der Waals surface area contributed by atoms with Crippen molar-refractivity contribution in [2.45, 2.75) is 65.6 Å². The number of para-hydroxylation sites is 3. The number of benzene rings is 2. The molecule has 6 nitrogen and oxygen atoms in total. The Labute approximate surface area is 197 Å². The third-order valence-electron chi connectivity index (χ3n) is 5.84. The van der Waals surface area contributed by atoms with Crippen LogP contribution in [0, 0.1) is 6.92 Å². The molecule has 0 spiro atoms. The summed E-state index contributed by atoms with van der Waals surface area (Å²) in [7, 11) is 1.64. The monoisotopic (exact) mass is 451 g/mol. The van der Waals surface area contributed by atoms with Crippen LogP contribution >= 0.6 is 0 Å². The number of aromatic nitrogens is 2. The number of methoxy groups -OCH3 is 1. The average molecular weight is 452 g/mol. The second kappa shape index (κ2) is 11.9. The Morgan fingerprint density at radius 3 is 2.33 bits per heavy atom. The van der Waals surface area contributed by atoms with Gasteiger partial charge in [-0.05, 0) is 51.5 Å². The van der Waals surface area contributed by atoms with Crippen LogP contribution in [0.4, 0.5) is 0 Å². The standard InChI is InChI=1S/C27H37N3O3/c1-6-7-15-23(31)18-29(20(2)3)19-24-21(4)28-30(22-13-9-8-10-14-22)27(24)33-26-17-12-11-16-25(26)32-5/h8-14,16-17,20,23,31H,6-7,15,18-19H2,1-5H3/t23-/m1/s1. The summed E-state index contributed by atoms with van der Waals surface area (Å²) in [6.45, 7) is 9.71. The van der Waals surface area contributed by atoms with E-state index >= 15 is 0 Å². The summed E-state index contributed by atoms with van der Waals surface area (Å²) in [4.78, 5) is 2.29. The average Bonchev–Trinajstić information content (AvgIpc) is 3.13. The number of aliphatic hydroxyl groups is 1. The minimum Gasteiger partial charge on any atom is -0.493 e. The minimum atomic E-state index is -0.351. The molecular formula is C27H37N3O3. The number of unbranched alkanes of at least 4 members (excludes halogenated alkanes) is 1. The van der Waals surface area contributed by atoms with Crippen molar-refractivity contribution in [1.29, 1.82) is 0 Å². The van der Waals surface area contributed by atoms with E-state index < -0.39 is 0 Å². The highest BCUT2D eigenvalue weighted by atomic mass is 16.5. The SMILES string of the molecule is CCCC[C@@H](O)CN(Cc1c(C)nn(-c2ccccc2)c1Oc1ccccc1OC)C(C)C. The van der Waals surface area contributed by atoms with E-state index in [4.69, 9.17) is 14.6 Å². The Hall–Kier alpha value is -2.83. The molecule has 33 heavy (non-hydrogen) atoms. The zero-order valence-electron chi connectivity index (χ0n) is 20.5. The first-order chi connectivity index (χ1) is 15.9. The third kappa shape index (κ3) is 6.36. The predicted molar refractivity (Wildman–Crippen MR) is 132 cm³/mol. The maximum absolute atomic E-state index is 10.6. The lowest BCUT2D eigenvalue weighted by atomic mass is 10.1. The van der Waals surface area contributed by atoms with Gasteiger partial charge < -0.3 is 14.6 Å². The van der Waals surface area contributed by atoms with Crippen molar-refractivity contribution in [2.75, 3.05) is 13.7 Å². The first-order valence-corrected chi connectivity index (χ1v) is 11.8. The van der Waals surface area contributed by atoms with Crippen LogP contribution in [0.15, 0.2) is 54.6 Å². The van der Waals surface area contributed by atoms with Gasteiger partial charge >= 0.3 is 0 Å². The van der Waals surface area contributed by atoms with Crippen molar-refractivity contribution in [1.82, 2.24) is 14.7 Å². The third-order valence-corrected chi connectivity index (χ3v) is 5.84. The molecule has 6 heteroatoms. The van der Waals surface area contributed by atoms with E-state index in [1.807, 2.05) is 66.2 Å². The molecule has 0 radical (unpaired) electrons. The fraction of sp³-hybridized carbons (Fsp3) is 0.444. The molecule has 0 amide bonds. The van der Waals surface area contributed by atoms with Gasteiger partial charge in [-0.1, -0.05) is 50.1 Å². The van der Waals surface area contributed by atoms with E-state index in [-0.39, 0.29) is 12.1 Å². The summed E-state index contributed by atoms with van der Waals surface area (Å²) in [6.07, 6.45) is 2.57. The molecule has 0 aliphatic heterocycles. The molecule has 0 saturated heterocycles. The molecule has 0 aliphatic carbocycles. The number of hydrogen-bond donors (Lipinski definition) is 1. The molecule has 0 saturated carbocycles. The van der Waals surface area contributed by atoms with E-state index in [1.54, 1.807) is 7.11 Å². The van der Waals surface area contributed by atoms with Gasteiger partial charge in [0.2, 0.25) is 5.88 Å². The van der Waals surface area contributed by atoms with Gasteiger partial charge in [-0.25, -0.2) is 4.68 Å². The molecule has 1 aromatic heterocycles. The highest BCUT2D eigenvalue weighted by Gasteiger charge is 2.24. The van der Waals surface area contributed by atoms with E-state index in [0.29, 0.717) is 30.5 Å². The molecule has 3 rings (SSSR count). The zero-order valence-corrected chi connectivity index (χ0v) is 20.5. The van der Waals surface area contributed by atoms with Crippen LogP contribution in [0.5, 0.6) is 17.4 Å². The molecule has 2 aromatic carbocycles. The summed E-state index contributed by atoms with van der Waals surface area (Å²) in [5.74, 6) is 1.96. The van der Waals surface area contributed by atoms with Crippen molar-refractivity contribution in [2.24, 2.45) is 0 Å². The minimum absolute atomic E-state index is 0.264. The van der Waals surface area contributed by atoms with Crippen molar-refractivity contribution in [3.05, 3.63) is 65.9 Å². The Bertz CT molecular complexity index is 1000. The molecule has 1 heterocycles. The van der Waals surface area contributed by atoms with Gasteiger partial charge in [0, 0.05) is 19.1 Å². The molecule has 1 N–H and O–H groups in total. The van der Waals surface area contributed by atoms with Crippen LogP contribution in [-0.4, -0.2) is 45.6 Å². The maximum atomic E-state index is 10.6. The molecule has 3 aromatic rings. The molecule has 0 fully saturated rings. The fourth-order valence-electron chi connectivity index (χ4n) is 3.84. The fourth-order valence-corrected chi connectivity index (χ4v) is 3.84. The van der Waals surface area contributed by atoms with Crippen LogP contribution in [0.2, 0.25) is 0 Å². The van der Waals surface area contributed by atoms with E-state index in [1.165, 1.54) is 0 Å². The van der Waals surface area contributed by atoms with Crippen LogP contribution in [0.3, 0.4) is 0 Å². The van der Waals surface area contributed by atoms with Crippen molar-refractivity contribution >= 4 is 0 Å². The number of nitrogens with zero attached hydrogens (tertiary/aromatic N) is 3. The largest absolute Gasteiger partial charge is 0.493 e. The maximum Gasteiger partial charge on any atom is 0.227 e. The number of ether oxygens (including phenoxy) is 2. The Morgan fingerprint density at radius 1 is 1.03 bits per heavy atom. The van der Waals surface area contributed by atoms with Gasteiger partial charge in [-0.3, -0.25) is 4.90 Å². The first-order valence-electron chi connectivity index (χ1n) is 11.8. The van der Waals surface area contributed by atoms with E-state index in [9.17, 15) is 5.11 Å². The number of hydrogen-bond acceptors (Lipinski definition) is 5. The van der Waals surface area contributed by atoms with Crippen molar-refractivity contribution in [3.63, 3.8) is 0 Å². The summed E-state index contributed by atoms with van der Waals surface area (Å²) in [5, 5.41) is 15.4. The van der Waals surface area contributed by atoms with Crippen LogP contribution in [-0.2, 0) is 6.54 Å². The predicted octanol–water partition coefficient (Wildman–Crippen LogP) is 5.74. The number of aryl methyl sites for hydroxylation is 1.